The number of urea groups is 1. The Morgan fingerprint density at radius 1 is 1.22 bits per heavy atom. The van der Waals surface area contributed by atoms with Crippen molar-refractivity contribution < 1.29 is 14.3 Å². The maximum atomic E-state index is 11.4. The molecule has 98 valence electrons. The lowest BCUT2D eigenvalue weighted by molar-refractivity contribution is -0.140. The topological polar surface area (TPSA) is 67.4 Å². The molecule has 6 heteroatoms. The smallest absolute Gasteiger partial charge is 0.315 e. The van der Waals surface area contributed by atoms with Crippen molar-refractivity contribution >= 4 is 27.9 Å². The molecule has 0 fully saturated rings. The number of carbonyl (C=O) groups excluding carboxylic acids is 2. The van der Waals surface area contributed by atoms with Gasteiger partial charge in [-0.25, -0.2) is 4.79 Å². The van der Waals surface area contributed by atoms with Crippen molar-refractivity contribution in [1.29, 1.82) is 0 Å². The summed E-state index contributed by atoms with van der Waals surface area (Å²) in [7, 11) is 1.32. The molecule has 1 aromatic carbocycles. The van der Waals surface area contributed by atoms with Gasteiger partial charge >= 0.3 is 12.0 Å². The first kappa shape index (κ1) is 14.5. The van der Waals surface area contributed by atoms with Gasteiger partial charge in [0.15, 0.2) is 0 Å². The van der Waals surface area contributed by atoms with Crippen molar-refractivity contribution in [1.82, 2.24) is 10.6 Å². The number of esters is 1. The third-order valence-corrected chi connectivity index (χ3v) is 2.74. The summed E-state index contributed by atoms with van der Waals surface area (Å²) in [5.41, 5.74) is 1.00. The highest BCUT2D eigenvalue weighted by atomic mass is 79.9. The molecule has 0 aromatic heterocycles. The summed E-state index contributed by atoms with van der Waals surface area (Å²) in [4.78, 5) is 22.2. The van der Waals surface area contributed by atoms with E-state index < -0.39 is 0 Å². The maximum Gasteiger partial charge on any atom is 0.315 e. The number of halogens is 1. The van der Waals surface area contributed by atoms with Crippen molar-refractivity contribution in [2.75, 3.05) is 13.7 Å². The van der Waals surface area contributed by atoms with Crippen LogP contribution in [0, 0.1) is 0 Å². The van der Waals surface area contributed by atoms with Crippen molar-refractivity contribution in [3.63, 3.8) is 0 Å². The van der Waals surface area contributed by atoms with Crippen LogP contribution in [0.4, 0.5) is 4.79 Å². The predicted octanol–water partition coefficient (Wildman–Crippen LogP) is 1.81. The number of benzene rings is 1. The summed E-state index contributed by atoms with van der Waals surface area (Å²) >= 11 is 3.34. The molecule has 0 atom stereocenters. The van der Waals surface area contributed by atoms with Crippen molar-refractivity contribution in [2.24, 2.45) is 0 Å². The van der Waals surface area contributed by atoms with Crippen LogP contribution in [0.15, 0.2) is 28.7 Å². The number of hydrogen-bond acceptors (Lipinski definition) is 3. The van der Waals surface area contributed by atoms with Gasteiger partial charge in [0.25, 0.3) is 0 Å². The first-order chi connectivity index (χ1) is 8.61. The Morgan fingerprint density at radius 3 is 2.50 bits per heavy atom. The summed E-state index contributed by atoms with van der Waals surface area (Å²) < 4.78 is 5.45. The van der Waals surface area contributed by atoms with Crippen LogP contribution in [0.25, 0.3) is 0 Å². The van der Waals surface area contributed by atoms with Crippen molar-refractivity contribution in [3.8, 4) is 0 Å². The molecule has 18 heavy (non-hydrogen) atoms. The molecule has 0 heterocycles. The zero-order valence-electron chi connectivity index (χ0n) is 10.0. The van der Waals surface area contributed by atoms with Crippen LogP contribution < -0.4 is 10.6 Å². The fourth-order valence-corrected chi connectivity index (χ4v) is 1.49. The Morgan fingerprint density at radius 2 is 1.89 bits per heavy atom. The quantitative estimate of drug-likeness (QED) is 0.815. The highest BCUT2D eigenvalue weighted by Gasteiger charge is 2.03. The lowest BCUT2D eigenvalue weighted by Gasteiger charge is -2.07. The minimum Gasteiger partial charge on any atom is -0.469 e. The monoisotopic (exact) mass is 314 g/mol. The van der Waals surface area contributed by atoms with Gasteiger partial charge in [0.2, 0.25) is 0 Å². The summed E-state index contributed by atoms with van der Waals surface area (Å²) in [6, 6.07) is 7.34. The average Bonchev–Trinajstić information content (AvgIpc) is 2.38. The molecule has 2 N–H and O–H groups in total. The average molecular weight is 315 g/mol. The highest BCUT2D eigenvalue weighted by Crippen LogP contribution is 2.09. The Labute approximate surface area is 114 Å². The molecule has 0 saturated heterocycles. The van der Waals surface area contributed by atoms with E-state index in [1.54, 1.807) is 0 Å². The van der Waals surface area contributed by atoms with Gasteiger partial charge in [-0.2, -0.15) is 0 Å². The molecule has 1 rings (SSSR count). The molecule has 0 radical (unpaired) electrons. The van der Waals surface area contributed by atoms with E-state index in [9.17, 15) is 9.59 Å². The van der Waals surface area contributed by atoms with Crippen molar-refractivity contribution in [3.05, 3.63) is 34.3 Å². The number of carbonyl (C=O) groups is 2. The van der Waals surface area contributed by atoms with Crippen LogP contribution in [-0.4, -0.2) is 25.7 Å². The number of nitrogens with one attached hydrogen (secondary N) is 2. The predicted molar refractivity (Wildman–Crippen MR) is 71.0 cm³/mol. The molecule has 0 saturated carbocycles. The number of hydrogen-bond donors (Lipinski definition) is 2. The first-order valence-corrected chi connectivity index (χ1v) is 6.24. The van der Waals surface area contributed by atoms with Gasteiger partial charge < -0.3 is 15.4 Å². The van der Waals surface area contributed by atoms with Crippen LogP contribution in [0.3, 0.4) is 0 Å². The number of ether oxygens (including phenoxy) is 1. The second-order valence-electron chi connectivity index (χ2n) is 3.56. The van der Waals surface area contributed by atoms with Gasteiger partial charge in [0.05, 0.1) is 13.5 Å². The zero-order chi connectivity index (χ0) is 13.4. The van der Waals surface area contributed by atoms with E-state index in [-0.39, 0.29) is 25.0 Å². The lowest BCUT2D eigenvalue weighted by atomic mass is 10.2. The third kappa shape index (κ3) is 5.67. The largest absolute Gasteiger partial charge is 0.469 e. The van der Waals surface area contributed by atoms with Crippen LogP contribution >= 0.6 is 15.9 Å². The third-order valence-electron chi connectivity index (χ3n) is 2.21. The Hall–Kier alpha value is -1.56. The van der Waals surface area contributed by atoms with Gasteiger partial charge in [-0.15, -0.1) is 0 Å². The minimum atomic E-state index is -0.344. The van der Waals surface area contributed by atoms with Crippen LogP contribution in [0.2, 0.25) is 0 Å². The summed E-state index contributed by atoms with van der Waals surface area (Å²) in [5, 5.41) is 5.26. The van der Waals surface area contributed by atoms with E-state index in [0.717, 1.165) is 10.0 Å². The molecule has 0 aliphatic rings. The molecule has 5 nitrogen and oxygen atoms in total. The maximum absolute atomic E-state index is 11.4. The second kappa shape index (κ2) is 7.71. The van der Waals surface area contributed by atoms with Gasteiger partial charge in [-0.1, -0.05) is 28.1 Å². The van der Waals surface area contributed by atoms with Crippen LogP contribution in [-0.2, 0) is 16.1 Å². The normalized spacial score (nSPS) is 9.67. The Bertz CT molecular complexity index is 406. The van der Waals surface area contributed by atoms with E-state index in [1.807, 2.05) is 24.3 Å². The minimum absolute atomic E-state index is 0.169. The zero-order valence-corrected chi connectivity index (χ0v) is 11.6. The van der Waals surface area contributed by atoms with E-state index in [1.165, 1.54) is 7.11 Å². The van der Waals surface area contributed by atoms with Gasteiger partial charge in [0.1, 0.15) is 0 Å². The van der Waals surface area contributed by atoms with Gasteiger partial charge in [-0.3, -0.25) is 4.79 Å². The highest BCUT2D eigenvalue weighted by molar-refractivity contribution is 9.10. The van der Waals surface area contributed by atoms with Crippen molar-refractivity contribution in [2.45, 2.75) is 13.0 Å². The fraction of sp³-hybridized carbons (Fsp3) is 0.333. The second-order valence-corrected chi connectivity index (χ2v) is 4.48. The van der Waals surface area contributed by atoms with Crippen LogP contribution in [0.5, 0.6) is 0 Å². The molecule has 0 aliphatic heterocycles. The number of methoxy groups -OCH3 is 1. The van der Waals surface area contributed by atoms with E-state index in [0.29, 0.717) is 6.54 Å². The summed E-state index contributed by atoms with van der Waals surface area (Å²) in [6.07, 6.45) is 0.169. The summed E-state index contributed by atoms with van der Waals surface area (Å²) in [6.45, 7) is 0.705. The Kier molecular flexibility index (Phi) is 6.21. The summed E-state index contributed by atoms with van der Waals surface area (Å²) in [5.74, 6) is -0.344. The Balaban J connectivity index is 2.21. The van der Waals surface area contributed by atoms with E-state index in [2.05, 4.69) is 31.3 Å². The molecule has 0 aliphatic carbocycles. The molecular weight excluding hydrogens is 300 g/mol. The molecule has 0 spiro atoms. The van der Waals surface area contributed by atoms with Gasteiger partial charge in [0, 0.05) is 17.6 Å². The molecule has 0 bridgehead atoms. The lowest BCUT2D eigenvalue weighted by Crippen LogP contribution is -2.36. The van der Waals surface area contributed by atoms with Crippen LogP contribution in [0.1, 0.15) is 12.0 Å². The SMILES string of the molecule is COC(=O)CCNC(=O)NCc1ccc(Br)cc1. The van der Waals surface area contributed by atoms with E-state index >= 15 is 0 Å². The standard InChI is InChI=1S/C12H15BrN2O3/c1-18-11(16)6-7-14-12(17)15-8-9-2-4-10(13)5-3-9/h2-5H,6-8H2,1H3,(H2,14,15,17). The molecular formula is C12H15BrN2O3. The first-order valence-electron chi connectivity index (χ1n) is 5.45. The molecule has 2 amide bonds. The number of amides is 2. The molecule has 0 unspecified atom stereocenters. The molecule has 1 aromatic rings. The van der Waals surface area contributed by atoms with E-state index in [4.69, 9.17) is 0 Å². The number of rotatable bonds is 5. The fourth-order valence-electron chi connectivity index (χ4n) is 1.23. The van der Waals surface area contributed by atoms with Gasteiger partial charge in [-0.05, 0) is 17.7 Å².